The molecule has 39 heavy (non-hydrogen) atoms. The number of carbonyl (C=O) groups excluding carboxylic acids is 1. The Bertz CT molecular complexity index is 1420. The molecule has 2 aliphatic heterocycles. The number of fused-ring (bicyclic) bond motifs is 3. The van der Waals surface area contributed by atoms with Gasteiger partial charge in [-0.2, -0.15) is 15.0 Å². The molecule has 0 aliphatic carbocycles. The van der Waals surface area contributed by atoms with Crippen molar-refractivity contribution in [2.45, 2.75) is 35.2 Å². The van der Waals surface area contributed by atoms with Crippen LogP contribution in [0.1, 0.15) is 23.6 Å². The third-order valence-electron chi connectivity index (χ3n) is 6.96. The Kier molecular flexibility index (Phi) is 7.69. The molecule has 0 radical (unpaired) electrons. The summed E-state index contributed by atoms with van der Waals surface area (Å²) in [7, 11) is 0.344. The van der Waals surface area contributed by atoms with Gasteiger partial charge in [0.2, 0.25) is 5.88 Å². The quantitative estimate of drug-likeness (QED) is 0.382. The number of methoxy groups -OCH3 is 3. The number of sulfone groups is 1. The summed E-state index contributed by atoms with van der Waals surface area (Å²) < 4.78 is 44.0. The van der Waals surface area contributed by atoms with Crippen LogP contribution in [-0.4, -0.2) is 75.2 Å². The van der Waals surface area contributed by atoms with Crippen LogP contribution in [0.3, 0.4) is 0 Å². The minimum atomic E-state index is -3.89. The van der Waals surface area contributed by atoms with Crippen molar-refractivity contribution in [1.82, 2.24) is 15.0 Å². The number of hydroxylamine groups is 2. The molecule has 0 saturated carbocycles. The monoisotopic (exact) mass is 554 g/mol. The van der Waals surface area contributed by atoms with Gasteiger partial charge in [-0.3, -0.25) is 9.63 Å². The van der Waals surface area contributed by atoms with Crippen LogP contribution in [0.15, 0.2) is 65.6 Å². The van der Waals surface area contributed by atoms with Crippen molar-refractivity contribution in [3.8, 4) is 11.9 Å². The van der Waals surface area contributed by atoms with Crippen LogP contribution in [0.4, 0.5) is 5.82 Å². The number of hydrogen-bond donors (Lipinski definition) is 0. The van der Waals surface area contributed by atoms with E-state index in [9.17, 15) is 13.2 Å². The zero-order valence-corrected chi connectivity index (χ0v) is 22.7. The van der Waals surface area contributed by atoms with Gasteiger partial charge in [-0.1, -0.05) is 48.5 Å². The maximum atomic E-state index is 14.0. The van der Waals surface area contributed by atoms with Gasteiger partial charge in [0.15, 0.2) is 9.84 Å². The molecule has 0 amide bonds. The highest BCUT2D eigenvalue weighted by atomic mass is 32.2. The Morgan fingerprint density at radius 2 is 1.69 bits per heavy atom. The van der Waals surface area contributed by atoms with Crippen LogP contribution < -0.4 is 14.4 Å². The first-order valence-electron chi connectivity index (χ1n) is 12.4. The van der Waals surface area contributed by atoms with E-state index >= 15 is 0 Å². The van der Waals surface area contributed by atoms with Gasteiger partial charge in [-0.05, 0) is 17.7 Å². The Morgan fingerprint density at radius 1 is 1.00 bits per heavy atom. The topological polar surface area (TPSA) is 120 Å². The fourth-order valence-electron chi connectivity index (χ4n) is 5.14. The SMILES string of the molecule is COC(=O)CC1CN(Cc2ccccc2)c2nc(OC)nc(OC)c2[C@@H]2[C@H](S(=O)(=O)c3ccccc3)CON12. The zero-order valence-electron chi connectivity index (χ0n) is 21.9. The van der Waals surface area contributed by atoms with E-state index in [0.29, 0.717) is 17.9 Å². The molecule has 1 fully saturated rings. The molecule has 2 aliphatic rings. The van der Waals surface area contributed by atoms with E-state index in [1.54, 1.807) is 35.4 Å². The van der Waals surface area contributed by atoms with E-state index in [0.717, 1.165) is 5.56 Å². The van der Waals surface area contributed by atoms with Gasteiger partial charge < -0.3 is 19.1 Å². The molecule has 5 rings (SSSR count). The third kappa shape index (κ3) is 5.14. The summed E-state index contributed by atoms with van der Waals surface area (Å²) >= 11 is 0. The van der Waals surface area contributed by atoms with E-state index in [1.807, 2.05) is 35.2 Å². The van der Waals surface area contributed by atoms with Gasteiger partial charge in [-0.15, -0.1) is 0 Å². The first kappa shape index (κ1) is 26.9. The van der Waals surface area contributed by atoms with Crippen LogP contribution >= 0.6 is 0 Å². The van der Waals surface area contributed by atoms with Gasteiger partial charge in [-0.25, -0.2) is 8.42 Å². The lowest BCUT2D eigenvalue weighted by molar-refractivity contribution is -0.171. The summed E-state index contributed by atoms with van der Waals surface area (Å²) in [5.74, 6) is 0.170. The van der Waals surface area contributed by atoms with Crippen molar-refractivity contribution >= 4 is 21.6 Å². The normalized spacial score (nSPS) is 21.0. The van der Waals surface area contributed by atoms with Crippen molar-refractivity contribution in [1.29, 1.82) is 0 Å². The summed E-state index contributed by atoms with van der Waals surface area (Å²) in [5, 5.41) is 0.561. The minimum absolute atomic E-state index is 0.0305. The standard InChI is InChI=1S/C27H30N4O7S/c1-35-22(32)14-19-16-30(15-18-10-6-4-7-11-18)25-23(26(36-2)29-27(28-25)37-3)24-21(17-38-31(19)24)39(33,34)20-12-8-5-9-13-20/h4-13,19,21,24H,14-17H2,1-3H3/t19?,21-,24+/m1/s1. The number of ether oxygens (including phenoxy) is 3. The predicted octanol–water partition coefficient (Wildman–Crippen LogP) is 2.58. The molecular formula is C27H30N4O7S. The smallest absolute Gasteiger partial charge is 0.321 e. The van der Waals surface area contributed by atoms with Gasteiger partial charge >= 0.3 is 12.0 Å². The minimum Gasteiger partial charge on any atom is -0.481 e. The molecule has 3 heterocycles. The van der Waals surface area contributed by atoms with Crippen LogP contribution in [0.25, 0.3) is 0 Å². The Labute approximate surface area is 227 Å². The summed E-state index contributed by atoms with van der Waals surface area (Å²) in [6.07, 6.45) is -0.0305. The molecule has 11 nitrogen and oxygen atoms in total. The average molecular weight is 555 g/mol. The second-order valence-corrected chi connectivity index (χ2v) is 11.4. The molecule has 1 saturated heterocycles. The van der Waals surface area contributed by atoms with Crippen molar-refractivity contribution in [2.75, 3.05) is 39.4 Å². The lowest BCUT2D eigenvalue weighted by Gasteiger charge is -2.30. The predicted molar refractivity (Wildman–Crippen MR) is 141 cm³/mol. The van der Waals surface area contributed by atoms with Gasteiger partial charge in [0, 0.05) is 13.1 Å². The second kappa shape index (κ2) is 11.2. The van der Waals surface area contributed by atoms with Crippen molar-refractivity contribution in [3.63, 3.8) is 0 Å². The molecule has 12 heteroatoms. The number of esters is 1. The molecule has 1 unspecified atom stereocenters. The number of anilines is 1. The Balaban J connectivity index is 1.71. The summed E-state index contributed by atoms with van der Waals surface area (Å²) in [6.45, 7) is 0.591. The molecule has 206 valence electrons. The first-order chi connectivity index (χ1) is 18.9. The lowest BCUT2D eigenvalue weighted by atomic mass is 10.0. The van der Waals surface area contributed by atoms with E-state index in [-0.39, 0.29) is 36.4 Å². The summed E-state index contributed by atoms with van der Waals surface area (Å²) in [4.78, 5) is 29.9. The van der Waals surface area contributed by atoms with Crippen LogP contribution in [0, 0.1) is 0 Å². The average Bonchev–Trinajstić information content (AvgIpc) is 3.37. The molecule has 3 atom stereocenters. The molecular weight excluding hydrogens is 524 g/mol. The molecule has 0 N–H and O–H groups in total. The molecule has 3 aromatic rings. The lowest BCUT2D eigenvalue weighted by Crippen LogP contribution is -2.43. The first-order valence-corrected chi connectivity index (χ1v) is 14.0. The fraction of sp³-hybridized carbons (Fsp3) is 0.370. The van der Waals surface area contributed by atoms with E-state index in [2.05, 4.69) is 9.97 Å². The van der Waals surface area contributed by atoms with Gasteiger partial charge in [0.25, 0.3) is 0 Å². The largest absolute Gasteiger partial charge is 0.481 e. The van der Waals surface area contributed by atoms with E-state index in [4.69, 9.17) is 19.0 Å². The molecule has 0 bridgehead atoms. The number of nitrogens with zero attached hydrogens (tertiary/aromatic N) is 4. The molecule has 1 aromatic heterocycles. The Hall–Kier alpha value is -3.74. The number of hydrogen-bond acceptors (Lipinski definition) is 11. The highest BCUT2D eigenvalue weighted by molar-refractivity contribution is 7.92. The highest BCUT2D eigenvalue weighted by Crippen LogP contribution is 2.48. The highest BCUT2D eigenvalue weighted by Gasteiger charge is 2.53. The number of benzene rings is 2. The van der Waals surface area contributed by atoms with Crippen molar-refractivity contribution in [3.05, 3.63) is 71.8 Å². The number of aromatic nitrogens is 2. The van der Waals surface area contributed by atoms with Crippen LogP contribution in [-0.2, 0) is 30.8 Å². The van der Waals surface area contributed by atoms with Crippen LogP contribution in [0.5, 0.6) is 11.9 Å². The second-order valence-electron chi connectivity index (χ2n) is 9.25. The van der Waals surface area contributed by atoms with Crippen molar-refractivity contribution in [2.24, 2.45) is 0 Å². The molecule has 2 aromatic carbocycles. The zero-order chi connectivity index (χ0) is 27.6. The van der Waals surface area contributed by atoms with Gasteiger partial charge in [0.05, 0.1) is 56.9 Å². The maximum Gasteiger partial charge on any atom is 0.321 e. The summed E-state index contributed by atoms with van der Waals surface area (Å²) in [6, 6.07) is 16.6. The van der Waals surface area contributed by atoms with E-state index in [1.165, 1.54) is 21.3 Å². The Morgan fingerprint density at radius 3 is 2.33 bits per heavy atom. The number of rotatable bonds is 8. The maximum absolute atomic E-state index is 14.0. The summed E-state index contributed by atoms with van der Waals surface area (Å²) in [5.41, 5.74) is 1.44. The van der Waals surface area contributed by atoms with E-state index < -0.39 is 33.1 Å². The molecule has 0 spiro atoms. The van der Waals surface area contributed by atoms with Crippen LogP contribution in [0.2, 0.25) is 0 Å². The fourth-order valence-corrected chi connectivity index (χ4v) is 6.87. The number of carbonyl (C=O) groups is 1. The van der Waals surface area contributed by atoms with Gasteiger partial charge in [0.1, 0.15) is 11.1 Å². The van der Waals surface area contributed by atoms with Crippen molar-refractivity contribution < 1.29 is 32.3 Å². The third-order valence-corrected chi connectivity index (χ3v) is 9.08.